The Labute approximate surface area is 186 Å². The minimum Gasteiger partial charge on any atom is -0.483 e. The van der Waals surface area contributed by atoms with Gasteiger partial charge in [0, 0.05) is 22.5 Å². The molecule has 0 saturated carbocycles. The number of fused-ring (bicyclic) bond motifs is 2. The maximum atomic E-state index is 13.0. The Morgan fingerprint density at radius 3 is 2.52 bits per heavy atom. The molecule has 2 N–H and O–H groups in total. The molecule has 0 bridgehead atoms. The Morgan fingerprint density at radius 1 is 1.06 bits per heavy atom. The normalized spacial score (nSPS) is 15.0. The summed E-state index contributed by atoms with van der Waals surface area (Å²) < 4.78 is 5.67. The van der Waals surface area contributed by atoms with Crippen molar-refractivity contribution in [3.63, 3.8) is 0 Å². The smallest absolute Gasteiger partial charge is 0.335 e. The molecule has 1 aliphatic rings. The fourth-order valence-electron chi connectivity index (χ4n) is 3.73. The van der Waals surface area contributed by atoms with Crippen molar-refractivity contribution in [1.29, 1.82) is 0 Å². The molecule has 31 heavy (non-hydrogen) atoms. The predicted molar refractivity (Wildman–Crippen MR) is 115 cm³/mol. The number of halogens is 2. The van der Waals surface area contributed by atoms with Gasteiger partial charge in [0.2, 0.25) is 0 Å². The number of rotatable bonds is 5. The minimum atomic E-state index is -1.19. The van der Waals surface area contributed by atoms with Gasteiger partial charge in [0.25, 0.3) is 5.91 Å². The quantitative estimate of drug-likeness (QED) is 0.590. The fourth-order valence-corrected chi connectivity index (χ4v) is 4.33. The molecular formula is C22H15Cl2NO6. The zero-order valence-electron chi connectivity index (χ0n) is 15.8. The summed E-state index contributed by atoms with van der Waals surface area (Å²) in [6.07, 6.45) is 0.193. The highest BCUT2D eigenvalue weighted by molar-refractivity contribution is 6.39. The van der Waals surface area contributed by atoms with Crippen LogP contribution in [0.3, 0.4) is 0 Å². The third-order valence-corrected chi connectivity index (χ3v) is 5.57. The molecule has 7 nitrogen and oxygen atoms in total. The molecule has 3 aromatic carbocycles. The monoisotopic (exact) mass is 459 g/mol. The fraction of sp³-hybridized carbons (Fsp3) is 0.136. The number of nitrogens with zero attached hydrogens (tertiary/aromatic N) is 1. The van der Waals surface area contributed by atoms with Gasteiger partial charge in [0.05, 0.1) is 10.6 Å². The lowest BCUT2D eigenvalue weighted by Gasteiger charge is -2.23. The van der Waals surface area contributed by atoms with Crippen molar-refractivity contribution in [2.45, 2.75) is 12.5 Å². The SMILES string of the molecule is O=C(O)c1cc(OCC(=O)N2c3ccccc3CC2C(=O)O)c2c(Cl)cc(Cl)cc2c1. The van der Waals surface area contributed by atoms with Crippen molar-refractivity contribution < 1.29 is 29.3 Å². The van der Waals surface area contributed by atoms with E-state index in [1.807, 2.05) is 0 Å². The van der Waals surface area contributed by atoms with Crippen molar-refractivity contribution in [1.82, 2.24) is 0 Å². The van der Waals surface area contributed by atoms with Gasteiger partial charge in [-0.15, -0.1) is 0 Å². The molecule has 158 valence electrons. The van der Waals surface area contributed by atoms with E-state index >= 15 is 0 Å². The summed E-state index contributed by atoms with van der Waals surface area (Å²) in [7, 11) is 0. The van der Waals surface area contributed by atoms with E-state index in [2.05, 4.69) is 0 Å². The molecule has 1 aliphatic heterocycles. The van der Waals surface area contributed by atoms with Crippen LogP contribution in [0.15, 0.2) is 48.5 Å². The number of hydrogen-bond donors (Lipinski definition) is 2. The standard InChI is InChI=1S/C22H15Cl2NO6/c23-14-6-12-5-13(21(27)28)8-18(20(12)15(24)9-14)31-10-19(26)25-16-4-2-1-3-11(16)7-17(25)22(29)30/h1-6,8-9,17H,7,10H2,(H,27,28)(H,29,30). The van der Waals surface area contributed by atoms with Crippen LogP contribution in [0, 0.1) is 0 Å². The zero-order valence-corrected chi connectivity index (χ0v) is 17.4. The number of amides is 1. The van der Waals surface area contributed by atoms with Crippen LogP contribution in [0.5, 0.6) is 5.75 Å². The van der Waals surface area contributed by atoms with E-state index in [0.29, 0.717) is 21.5 Å². The molecule has 0 spiro atoms. The molecule has 4 rings (SSSR count). The van der Waals surface area contributed by atoms with Crippen molar-refractivity contribution >= 4 is 57.5 Å². The Kier molecular flexibility index (Phi) is 5.47. The molecule has 1 heterocycles. The van der Waals surface area contributed by atoms with Crippen LogP contribution in [-0.2, 0) is 16.0 Å². The van der Waals surface area contributed by atoms with Crippen molar-refractivity contribution in [3.8, 4) is 5.75 Å². The summed E-state index contributed by atoms with van der Waals surface area (Å²) in [6.45, 7) is -0.505. The van der Waals surface area contributed by atoms with E-state index in [0.717, 1.165) is 5.56 Å². The van der Waals surface area contributed by atoms with E-state index in [1.54, 1.807) is 30.3 Å². The first-order chi connectivity index (χ1) is 14.8. The van der Waals surface area contributed by atoms with Gasteiger partial charge >= 0.3 is 11.9 Å². The van der Waals surface area contributed by atoms with Gasteiger partial charge in [-0.1, -0.05) is 41.4 Å². The van der Waals surface area contributed by atoms with Gasteiger partial charge in [-0.2, -0.15) is 0 Å². The zero-order chi connectivity index (χ0) is 22.3. The Balaban J connectivity index is 1.68. The molecular weight excluding hydrogens is 445 g/mol. The minimum absolute atomic E-state index is 0.0665. The summed E-state index contributed by atoms with van der Waals surface area (Å²) in [4.78, 5) is 37.4. The lowest BCUT2D eigenvalue weighted by molar-refractivity contribution is -0.140. The molecule has 0 saturated heterocycles. The maximum absolute atomic E-state index is 13.0. The molecule has 1 unspecified atom stereocenters. The number of carboxylic acid groups (broad SMARTS) is 2. The van der Waals surface area contributed by atoms with Crippen LogP contribution < -0.4 is 9.64 Å². The first-order valence-corrected chi connectivity index (χ1v) is 9.93. The number of aliphatic carboxylic acids is 1. The Bertz CT molecular complexity index is 1240. The summed E-state index contributed by atoms with van der Waals surface area (Å²) in [6, 6.07) is 11.6. The van der Waals surface area contributed by atoms with E-state index in [1.165, 1.54) is 23.1 Å². The molecule has 0 radical (unpaired) electrons. The Hall–Kier alpha value is -3.29. The lowest BCUT2D eigenvalue weighted by atomic mass is 10.1. The summed E-state index contributed by atoms with van der Waals surface area (Å²) in [5, 5.41) is 20.4. The van der Waals surface area contributed by atoms with Crippen LogP contribution in [0.25, 0.3) is 10.8 Å². The van der Waals surface area contributed by atoms with E-state index in [9.17, 15) is 24.6 Å². The van der Waals surface area contributed by atoms with Gasteiger partial charge in [0.1, 0.15) is 11.8 Å². The number of hydrogen-bond acceptors (Lipinski definition) is 4. The van der Waals surface area contributed by atoms with E-state index in [4.69, 9.17) is 27.9 Å². The van der Waals surface area contributed by atoms with Gasteiger partial charge in [-0.3, -0.25) is 9.69 Å². The number of aromatic carboxylic acids is 1. The van der Waals surface area contributed by atoms with E-state index < -0.39 is 30.5 Å². The second-order valence-corrected chi connectivity index (χ2v) is 7.85. The number of carbonyl (C=O) groups is 3. The van der Waals surface area contributed by atoms with Crippen LogP contribution in [0.1, 0.15) is 15.9 Å². The number of carbonyl (C=O) groups excluding carboxylic acids is 1. The van der Waals surface area contributed by atoms with Crippen molar-refractivity contribution in [3.05, 3.63) is 69.7 Å². The van der Waals surface area contributed by atoms with Crippen LogP contribution >= 0.6 is 23.2 Å². The molecule has 3 aromatic rings. The number of benzene rings is 3. The number of para-hydroxylation sites is 1. The average Bonchev–Trinajstić information content (AvgIpc) is 3.11. The predicted octanol–water partition coefficient (Wildman–Crippen LogP) is 4.27. The third-order valence-electron chi connectivity index (χ3n) is 5.06. The molecule has 1 atom stereocenters. The first kappa shape index (κ1) is 21.0. The van der Waals surface area contributed by atoms with Gasteiger partial charge in [-0.25, -0.2) is 9.59 Å². The first-order valence-electron chi connectivity index (χ1n) is 9.18. The van der Waals surface area contributed by atoms with Crippen LogP contribution in [0.2, 0.25) is 10.0 Å². The average molecular weight is 460 g/mol. The molecule has 0 aliphatic carbocycles. The highest BCUT2D eigenvalue weighted by Crippen LogP contribution is 2.37. The summed E-state index contributed by atoms with van der Waals surface area (Å²) in [5.74, 6) is -2.80. The number of anilines is 1. The second-order valence-electron chi connectivity index (χ2n) is 7.00. The van der Waals surface area contributed by atoms with Gasteiger partial charge < -0.3 is 14.9 Å². The van der Waals surface area contributed by atoms with Gasteiger partial charge in [-0.05, 0) is 41.3 Å². The maximum Gasteiger partial charge on any atom is 0.335 e. The molecule has 0 fully saturated rings. The third kappa shape index (κ3) is 3.89. The molecule has 0 aromatic heterocycles. The summed E-state index contributed by atoms with van der Waals surface area (Å²) >= 11 is 12.3. The van der Waals surface area contributed by atoms with Crippen molar-refractivity contribution in [2.75, 3.05) is 11.5 Å². The van der Waals surface area contributed by atoms with Crippen LogP contribution in [-0.4, -0.2) is 40.7 Å². The largest absolute Gasteiger partial charge is 0.483 e. The van der Waals surface area contributed by atoms with E-state index in [-0.39, 0.29) is 22.8 Å². The highest BCUT2D eigenvalue weighted by atomic mass is 35.5. The lowest BCUT2D eigenvalue weighted by Crippen LogP contribution is -2.45. The topological polar surface area (TPSA) is 104 Å². The molecule has 1 amide bonds. The molecule has 9 heteroatoms. The van der Waals surface area contributed by atoms with Crippen molar-refractivity contribution in [2.24, 2.45) is 0 Å². The summed E-state index contributed by atoms with van der Waals surface area (Å²) in [5.41, 5.74) is 1.19. The highest BCUT2D eigenvalue weighted by Gasteiger charge is 2.38. The number of ether oxygens (including phenoxy) is 1. The second kappa shape index (κ2) is 8.09. The van der Waals surface area contributed by atoms with Gasteiger partial charge in [0.15, 0.2) is 6.61 Å². The Morgan fingerprint density at radius 2 is 1.81 bits per heavy atom. The van der Waals surface area contributed by atoms with Crippen LogP contribution in [0.4, 0.5) is 5.69 Å². The number of carboxylic acids is 2.